The first-order valence-corrected chi connectivity index (χ1v) is 4.23. The Labute approximate surface area is 90.6 Å². The maximum absolute atomic E-state index is 13.2. The van der Waals surface area contributed by atoms with Crippen LogP contribution in [0, 0.1) is 23.0 Å². The van der Waals surface area contributed by atoms with Crippen LogP contribution >= 0.6 is 0 Å². The summed E-state index contributed by atoms with van der Waals surface area (Å²) in [7, 11) is 1.09. The summed E-state index contributed by atoms with van der Waals surface area (Å²) in [5, 5.41) is 8.61. The fourth-order valence-corrected chi connectivity index (χ4v) is 1.03. The van der Waals surface area contributed by atoms with Crippen molar-refractivity contribution in [2.45, 2.75) is 0 Å². The van der Waals surface area contributed by atoms with E-state index in [1.807, 2.05) is 0 Å². The smallest absolute Gasteiger partial charge is 0.348 e. The predicted octanol–water partition coefficient (Wildman–Crippen LogP) is 2.04. The van der Waals surface area contributed by atoms with Crippen LogP contribution in [0.15, 0.2) is 23.8 Å². The zero-order valence-electron chi connectivity index (χ0n) is 8.33. The SMILES string of the molecule is COC(=O)/C(C#N)=C/c1cc(F)ccc1F. The van der Waals surface area contributed by atoms with Crippen molar-refractivity contribution in [3.63, 3.8) is 0 Å². The summed E-state index contributed by atoms with van der Waals surface area (Å²) in [6, 6.07) is 4.28. The van der Waals surface area contributed by atoms with Crippen LogP contribution < -0.4 is 0 Å². The number of benzene rings is 1. The summed E-state index contributed by atoms with van der Waals surface area (Å²) in [4.78, 5) is 11.0. The Bertz CT molecular complexity index is 489. The van der Waals surface area contributed by atoms with E-state index < -0.39 is 23.2 Å². The van der Waals surface area contributed by atoms with Gasteiger partial charge in [-0.15, -0.1) is 0 Å². The molecule has 0 atom stereocenters. The van der Waals surface area contributed by atoms with Gasteiger partial charge in [0, 0.05) is 5.56 Å². The van der Waals surface area contributed by atoms with Crippen molar-refractivity contribution in [3.05, 3.63) is 41.0 Å². The summed E-state index contributed by atoms with van der Waals surface area (Å²) in [5.41, 5.74) is -0.575. The maximum Gasteiger partial charge on any atom is 0.348 e. The van der Waals surface area contributed by atoms with Gasteiger partial charge in [-0.25, -0.2) is 13.6 Å². The van der Waals surface area contributed by atoms with Gasteiger partial charge in [-0.1, -0.05) is 0 Å². The molecule has 0 saturated carbocycles. The Balaban J connectivity index is 3.19. The molecule has 0 spiro atoms. The highest BCUT2D eigenvalue weighted by molar-refractivity contribution is 5.97. The molecule has 1 rings (SSSR count). The molecule has 0 aliphatic heterocycles. The number of hydrogen-bond acceptors (Lipinski definition) is 3. The highest BCUT2D eigenvalue weighted by Gasteiger charge is 2.10. The van der Waals surface area contributed by atoms with Gasteiger partial charge in [-0.3, -0.25) is 0 Å². The van der Waals surface area contributed by atoms with Crippen LogP contribution in [-0.2, 0) is 9.53 Å². The minimum absolute atomic E-state index is 0.179. The minimum Gasteiger partial charge on any atom is -0.465 e. The molecule has 5 heteroatoms. The number of halogens is 2. The second-order valence-electron chi connectivity index (χ2n) is 2.83. The van der Waals surface area contributed by atoms with E-state index in [0.717, 1.165) is 31.4 Å². The number of carbonyl (C=O) groups is 1. The van der Waals surface area contributed by atoms with Gasteiger partial charge < -0.3 is 4.74 Å². The lowest BCUT2D eigenvalue weighted by Gasteiger charge is -1.99. The molecule has 16 heavy (non-hydrogen) atoms. The monoisotopic (exact) mass is 223 g/mol. The number of esters is 1. The van der Waals surface area contributed by atoms with E-state index >= 15 is 0 Å². The van der Waals surface area contributed by atoms with E-state index in [-0.39, 0.29) is 5.56 Å². The van der Waals surface area contributed by atoms with Gasteiger partial charge in [0.2, 0.25) is 0 Å². The van der Waals surface area contributed by atoms with Gasteiger partial charge >= 0.3 is 5.97 Å². The molecule has 0 heterocycles. The van der Waals surface area contributed by atoms with Crippen LogP contribution in [0.2, 0.25) is 0 Å². The molecule has 1 aromatic rings. The van der Waals surface area contributed by atoms with E-state index in [1.165, 1.54) is 0 Å². The Morgan fingerprint density at radius 1 is 1.50 bits per heavy atom. The van der Waals surface area contributed by atoms with Crippen molar-refractivity contribution in [1.29, 1.82) is 5.26 Å². The van der Waals surface area contributed by atoms with E-state index in [1.54, 1.807) is 6.07 Å². The quantitative estimate of drug-likeness (QED) is 0.438. The minimum atomic E-state index is -0.897. The average molecular weight is 223 g/mol. The molecule has 82 valence electrons. The van der Waals surface area contributed by atoms with Gasteiger partial charge in [0.15, 0.2) is 0 Å². The molecule has 0 aromatic heterocycles. The van der Waals surface area contributed by atoms with Crippen molar-refractivity contribution >= 4 is 12.0 Å². The Morgan fingerprint density at radius 2 is 2.19 bits per heavy atom. The largest absolute Gasteiger partial charge is 0.465 e. The van der Waals surface area contributed by atoms with E-state index in [2.05, 4.69) is 4.74 Å². The number of rotatable bonds is 2. The van der Waals surface area contributed by atoms with Crippen molar-refractivity contribution in [2.24, 2.45) is 0 Å². The summed E-state index contributed by atoms with van der Waals surface area (Å²) in [6.07, 6.45) is 0.935. The van der Waals surface area contributed by atoms with Crippen molar-refractivity contribution < 1.29 is 18.3 Å². The molecule has 0 aliphatic carbocycles. The molecule has 0 aliphatic rings. The second kappa shape index (κ2) is 5.03. The third-order valence-electron chi connectivity index (χ3n) is 1.78. The molecule has 3 nitrogen and oxygen atoms in total. The fraction of sp³-hybridized carbons (Fsp3) is 0.0909. The molecular formula is C11H7F2NO2. The Hall–Kier alpha value is -2.22. The summed E-state index contributed by atoms with van der Waals surface area (Å²) >= 11 is 0. The van der Waals surface area contributed by atoms with Crippen molar-refractivity contribution in [2.75, 3.05) is 7.11 Å². The number of hydrogen-bond donors (Lipinski definition) is 0. The van der Waals surface area contributed by atoms with Crippen molar-refractivity contribution in [1.82, 2.24) is 0 Å². The molecule has 0 N–H and O–H groups in total. The lowest BCUT2D eigenvalue weighted by Crippen LogP contribution is -2.03. The first-order valence-electron chi connectivity index (χ1n) is 4.23. The molecule has 0 amide bonds. The molecule has 0 radical (unpaired) electrons. The lowest BCUT2D eigenvalue weighted by molar-refractivity contribution is -0.135. The first kappa shape index (κ1) is 11.9. The summed E-state index contributed by atoms with van der Waals surface area (Å²) < 4.78 is 30.3. The molecule has 0 fully saturated rings. The maximum atomic E-state index is 13.2. The van der Waals surface area contributed by atoms with Gasteiger partial charge in [0.25, 0.3) is 0 Å². The van der Waals surface area contributed by atoms with Gasteiger partial charge in [-0.05, 0) is 24.3 Å². The average Bonchev–Trinajstić information content (AvgIpc) is 2.29. The zero-order chi connectivity index (χ0) is 12.1. The molecular weight excluding hydrogens is 216 g/mol. The highest BCUT2D eigenvalue weighted by Crippen LogP contribution is 2.14. The molecule has 0 unspecified atom stereocenters. The van der Waals surface area contributed by atoms with Crippen LogP contribution in [0.1, 0.15) is 5.56 Å². The molecule has 0 bridgehead atoms. The third kappa shape index (κ3) is 2.64. The van der Waals surface area contributed by atoms with E-state index in [4.69, 9.17) is 5.26 Å². The van der Waals surface area contributed by atoms with Crippen LogP contribution in [-0.4, -0.2) is 13.1 Å². The topological polar surface area (TPSA) is 50.1 Å². The summed E-state index contributed by atoms with van der Waals surface area (Å²) in [5.74, 6) is -2.28. The van der Waals surface area contributed by atoms with E-state index in [0.29, 0.717) is 0 Å². The Kier molecular flexibility index (Phi) is 3.72. The number of nitriles is 1. The first-order chi connectivity index (χ1) is 7.58. The highest BCUT2D eigenvalue weighted by atomic mass is 19.1. The lowest BCUT2D eigenvalue weighted by atomic mass is 10.1. The van der Waals surface area contributed by atoms with Crippen LogP contribution in [0.4, 0.5) is 8.78 Å². The fourth-order valence-electron chi connectivity index (χ4n) is 1.03. The predicted molar refractivity (Wildman–Crippen MR) is 52.0 cm³/mol. The van der Waals surface area contributed by atoms with Crippen LogP contribution in [0.3, 0.4) is 0 Å². The van der Waals surface area contributed by atoms with Crippen LogP contribution in [0.5, 0.6) is 0 Å². The normalized spacial score (nSPS) is 10.8. The standard InChI is InChI=1S/C11H7F2NO2/c1-16-11(15)8(6-14)4-7-5-9(12)2-3-10(7)13/h2-5H,1H3/b8-4+. The molecule has 0 saturated heterocycles. The van der Waals surface area contributed by atoms with Gasteiger partial charge in [0.1, 0.15) is 23.3 Å². The Morgan fingerprint density at radius 3 is 2.75 bits per heavy atom. The molecule has 1 aromatic carbocycles. The van der Waals surface area contributed by atoms with E-state index in [9.17, 15) is 13.6 Å². The van der Waals surface area contributed by atoms with Crippen LogP contribution in [0.25, 0.3) is 6.08 Å². The second-order valence-corrected chi connectivity index (χ2v) is 2.83. The zero-order valence-corrected chi connectivity index (χ0v) is 8.33. The van der Waals surface area contributed by atoms with Gasteiger partial charge in [0.05, 0.1) is 7.11 Å². The third-order valence-corrected chi connectivity index (χ3v) is 1.78. The number of methoxy groups -OCH3 is 1. The van der Waals surface area contributed by atoms with Crippen molar-refractivity contribution in [3.8, 4) is 6.07 Å². The number of nitrogens with zero attached hydrogens (tertiary/aromatic N) is 1. The number of carbonyl (C=O) groups excluding carboxylic acids is 1. The summed E-state index contributed by atoms with van der Waals surface area (Å²) in [6.45, 7) is 0. The van der Waals surface area contributed by atoms with Gasteiger partial charge in [-0.2, -0.15) is 5.26 Å². The number of ether oxygens (including phenoxy) is 1.